The van der Waals surface area contributed by atoms with Gasteiger partial charge in [-0.2, -0.15) is 3.97 Å². The number of fused-ring (bicyclic) bond motifs is 1. The summed E-state index contributed by atoms with van der Waals surface area (Å²) in [7, 11) is -3.50. The van der Waals surface area contributed by atoms with Crippen LogP contribution in [0, 0.1) is 0 Å². The zero-order valence-electron chi connectivity index (χ0n) is 7.80. The lowest BCUT2D eigenvalue weighted by molar-refractivity contribution is 0.594. The molecule has 0 fully saturated rings. The van der Waals surface area contributed by atoms with Crippen molar-refractivity contribution in [2.45, 2.75) is 0 Å². The summed E-state index contributed by atoms with van der Waals surface area (Å²) < 4.78 is 24.1. The zero-order chi connectivity index (χ0) is 10.3. The van der Waals surface area contributed by atoms with E-state index in [2.05, 4.69) is 0 Å². The fourth-order valence-corrected chi connectivity index (χ4v) is 3.40. The normalized spacial score (nSPS) is 11.3. The molecule has 0 saturated carbocycles. The summed E-state index contributed by atoms with van der Waals surface area (Å²) in [6, 6.07) is 6.82. The van der Waals surface area contributed by atoms with Crippen LogP contribution in [-0.4, -0.2) is 24.1 Å². The van der Waals surface area contributed by atoms with E-state index >= 15 is 0 Å². The maximum absolute atomic E-state index is 11.4. The molecule has 15 heavy (non-hydrogen) atoms. The van der Waals surface area contributed by atoms with Crippen LogP contribution >= 0.6 is 11.3 Å². The lowest BCUT2D eigenvalue weighted by atomic mass is 10.3. The Morgan fingerprint density at radius 1 is 1.27 bits per heavy atom. The van der Waals surface area contributed by atoms with Crippen molar-refractivity contribution in [3.05, 3.63) is 33.9 Å². The van der Waals surface area contributed by atoms with Crippen LogP contribution in [0.25, 0.3) is 10.2 Å². The van der Waals surface area contributed by atoms with Gasteiger partial charge in [0, 0.05) is 0 Å². The maximum atomic E-state index is 11.4. The summed E-state index contributed by atoms with van der Waals surface area (Å²) in [4.78, 5) is 10.9. The van der Waals surface area contributed by atoms with Crippen molar-refractivity contribution in [1.29, 1.82) is 0 Å². The first-order valence-electron chi connectivity index (χ1n) is 3.81. The highest BCUT2D eigenvalue weighted by Crippen LogP contribution is 2.17. The number of hydrogen-bond acceptors (Lipinski definition) is 4. The molecule has 0 aliphatic rings. The van der Waals surface area contributed by atoms with Crippen molar-refractivity contribution in [1.82, 2.24) is 3.97 Å². The van der Waals surface area contributed by atoms with E-state index in [9.17, 15) is 13.2 Å². The molecule has 0 radical (unpaired) electrons. The van der Waals surface area contributed by atoms with Gasteiger partial charge in [-0.15, -0.1) is 0 Å². The van der Waals surface area contributed by atoms with Gasteiger partial charge in [0.05, 0.1) is 16.5 Å². The van der Waals surface area contributed by atoms with Crippen LogP contribution in [0.2, 0.25) is 0 Å². The minimum Gasteiger partial charge on any atom is -0.412 e. The Labute approximate surface area is 90.0 Å². The largest absolute Gasteiger partial charge is 0.412 e. The van der Waals surface area contributed by atoms with E-state index in [1.807, 2.05) is 0 Å². The van der Waals surface area contributed by atoms with E-state index in [0.29, 0.717) is 10.2 Å². The van der Waals surface area contributed by atoms with E-state index in [0.717, 1.165) is 21.6 Å². The molecule has 0 spiro atoms. The Morgan fingerprint density at radius 2 is 1.87 bits per heavy atom. The Balaban J connectivity index is 0.00000112. The van der Waals surface area contributed by atoms with E-state index in [4.69, 9.17) is 0 Å². The summed E-state index contributed by atoms with van der Waals surface area (Å²) in [5.74, 6) is 0. The smallest absolute Gasteiger partial charge is 0.321 e. The average molecular weight is 247 g/mol. The first kappa shape index (κ1) is 11.9. The molecule has 2 rings (SSSR count). The quantitative estimate of drug-likeness (QED) is 0.713. The molecule has 0 saturated heterocycles. The Hall–Kier alpha value is -1.18. The van der Waals surface area contributed by atoms with Crippen LogP contribution in [0.15, 0.2) is 29.1 Å². The van der Waals surface area contributed by atoms with E-state index in [-0.39, 0.29) is 5.48 Å². The van der Waals surface area contributed by atoms with Crippen LogP contribution < -0.4 is 4.87 Å². The number of aromatic nitrogens is 1. The minimum atomic E-state index is -3.50. The molecule has 0 atom stereocenters. The second-order valence-corrected chi connectivity index (χ2v) is 5.69. The second-order valence-electron chi connectivity index (χ2n) is 2.86. The summed E-state index contributed by atoms with van der Waals surface area (Å²) >= 11 is 0.934. The maximum Gasteiger partial charge on any atom is 0.321 e. The van der Waals surface area contributed by atoms with Crippen molar-refractivity contribution < 1.29 is 13.9 Å². The third-order valence-corrected chi connectivity index (χ3v) is 3.84. The lowest BCUT2D eigenvalue weighted by Gasteiger charge is -1.98. The molecule has 0 bridgehead atoms. The summed E-state index contributed by atoms with van der Waals surface area (Å²) in [6.45, 7) is 0. The van der Waals surface area contributed by atoms with Gasteiger partial charge in [-0.3, -0.25) is 4.79 Å². The highest BCUT2D eigenvalue weighted by molar-refractivity contribution is 7.89. The SMILES string of the molecule is CS(=O)(=O)n1c(=O)sc2ccccc21.O. The van der Waals surface area contributed by atoms with Crippen LogP contribution in [0.5, 0.6) is 0 Å². The van der Waals surface area contributed by atoms with Gasteiger partial charge in [-0.05, 0) is 12.1 Å². The van der Waals surface area contributed by atoms with Gasteiger partial charge in [0.15, 0.2) is 0 Å². The Kier molecular flexibility index (Phi) is 2.98. The Bertz CT molecular complexity index is 638. The predicted octanol–water partition coefficient (Wildman–Crippen LogP) is 0.0460. The predicted molar refractivity (Wildman–Crippen MR) is 59.9 cm³/mol. The third kappa shape index (κ3) is 1.94. The number of nitrogens with zero attached hydrogens (tertiary/aromatic N) is 1. The van der Waals surface area contributed by atoms with Gasteiger partial charge < -0.3 is 5.48 Å². The van der Waals surface area contributed by atoms with Crippen molar-refractivity contribution in [3.8, 4) is 0 Å². The molecule has 0 amide bonds. The van der Waals surface area contributed by atoms with Crippen molar-refractivity contribution in [3.63, 3.8) is 0 Å². The van der Waals surface area contributed by atoms with Gasteiger partial charge in [0.25, 0.3) is 0 Å². The van der Waals surface area contributed by atoms with Crippen LogP contribution in [-0.2, 0) is 10.0 Å². The number of thiazole rings is 1. The lowest BCUT2D eigenvalue weighted by Crippen LogP contribution is -2.20. The molecule has 0 aliphatic carbocycles. The first-order chi connectivity index (χ1) is 6.50. The van der Waals surface area contributed by atoms with Gasteiger partial charge >= 0.3 is 4.87 Å². The fraction of sp³-hybridized carbons (Fsp3) is 0.125. The second kappa shape index (κ2) is 3.76. The molecule has 5 nitrogen and oxygen atoms in total. The summed E-state index contributed by atoms with van der Waals surface area (Å²) in [5.41, 5.74) is 0.449. The van der Waals surface area contributed by atoms with Gasteiger partial charge in [0.1, 0.15) is 0 Å². The van der Waals surface area contributed by atoms with Crippen molar-refractivity contribution in [2.75, 3.05) is 6.26 Å². The van der Waals surface area contributed by atoms with Gasteiger partial charge in [-0.1, -0.05) is 23.5 Å². The third-order valence-electron chi connectivity index (χ3n) is 1.78. The standard InChI is InChI=1S/C8H7NO3S2.H2O/c1-14(11,12)9-6-4-2-3-5-7(6)13-8(9)10;/h2-5H,1H3;1H2. The molecular weight excluding hydrogens is 238 g/mol. The summed E-state index contributed by atoms with van der Waals surface area (Å²) in [5, 5.41) is 0. The average Bonchev–Trinajstić information content (AvgIpc) is 2.38. The minimum absolute atomic E-state index is 0. The molecule has 1 aromatic heterocycles. The molecule has 7 heteroatoms. The highest BCUT2D eigenvalue weighted by Gasteiger charge is 2.14. The molecule has 82 valence electrons. The topological polar surface area (TPSA) is 87.6 Å². The van der Waals surface area contributed by atoms with E-state index in [1.54, 1.807) is 24.3 Å². The molecule has 2 N–H and O–H groups in total. The van der Waals surface area contributed by atoms with Crippen molar-refractivity contribution >= 4 is 31.6 Å². The molecule has 0 unspecified atom stereocenters. The van der Waals surface area contributed by atoms with Crippen LogP contribution in [0.3, 0.4) is 0 Å². The van der Waals surface area contributed by atoms with E-state index in [1.165, 1.54) is 0 Å². The molecule has 1 heterocycles. The number of hydrogen-bond donors (Lipinski definition) is 0. The van der Waals surface area contributed by atoms with Gasteiger partial charge in [-0.25, -0.2) is 8.42 Å². The fourth-order valence-electron chi connectivity index (χ4n) is 1.26. The molecule has 0 aliphatic heterocycles. The zero-order valence-corrected chi connectivity index (χ0v) is 9.43. The molecular formula is C8H9NO4S2. The van der Waals surface area contributed by atoms with Crippen molar-refractivity contribution in [2.24, 2.45) is 0 Å². The molecule has 1 aromatic carbocycles. The molecule has 2 aromatic rings. The first-order valence-corrected chi connectivity index (χ1v) is 6.48. The van der Waals surface area contributed by atoms with E-state index < -0.39 is 14.9 Å². The number of para-hydroxylation sites is 1. The van der Waals surface area contributed by atoms with Crippen LogP contribution in [0.1, 0.15) is 0 Å². The van der Waals surface area contributed by atoms with Gasteiger partial charge in [0.2, 0.25) is 10.0 Å². The number of benzene rings is 1. The summed E-state index contributed by atoms with van der Waals surface area (Å²) in [6.07, 6.45) is 1.02. The highest BCUT2D eigenvalue weighted by atomic mass is 32.2. The monoisotopic (exact) mass is 247 g/mol. The van der Waals surface area contributed by atoms with Crippen LogP contribution in [0.4, 0.5) is 0 Å². The Morgan fingerprint density at radius 3 is 2.47 bits per heavy atom. The number of rotatable bonds is 1.